The SMILES string of the molecule is O=C(Nc1ncn(Cc2ccccc2F)n1)c1cc2nc(-c3cccs3)cc(C(F)(F)F)n2n1. The number of nitrogens with one attached hydrogen (secondary N) is 1. The summed E-state index contributed by atoms with van der Waals surface area (Å²) in [6.07, 6.45) is -3.43. The van der Waals surface area contributed by atoms with Crippen LogP contribution in [0.3, 0.4) is 0 Å². The maximum atomic E-state index is 13.8. The van der Waals surface area contributed by atoms with Crippen LogP contribution in [-0.2, 0) is 12.7 Å². The lowest BCUT2D eigenvalue weighted by Crippen LogP contribution is -2.16. The van der Waals surface area contributed by atoms with Gasteiger partial charge >= 0.3 is 6.18 Å². The Morgan fingerprint density at radius 1 is 1.09 bits per heavy atom. The van der Waals surface area contributed by atoms with E-state index in [1.165, 1.54) is 28.4 Å². The fourth-order valence-corrected chi connectivity index (χ4v) is 3.92. The molecule has 0 saturated carbocycles. The van der Waals surface area contributed by atoms with Crippen LogP contribution in [0.5, 0.6) is 0 Å². The van der Waals surface area contributed by atoms with Crippen molar-refractivity contribution in [3.05, 3.63) is 83.0 Å². The van der Waals surface area contributed by atoms with Crippen molar-refractivity contribution in [3.8, 4) is 10.6 Å². The number of anilines is 1. The molecule has 34 heavy (non-hydrogen) atoms. The number of benzene rings is 1. The summed E-state index contributed by atoms with van der Waals surface area (Å²) in [6, 6.07) is 11.5. The number of carbonyl (C=O) groups is 1. The molecular formula is C21H13F4N7OS. The van der Waals surface area contributed by atoms with Gasteiger partial charge in [-0.25, -0.2) is 23.6 Å². The molecule has 1 amide bonds. The molecular weight excluding hydrogens is 474 g/mol. The van der Waals surface area contributed by atoms with Crippen LogP contribution in [-0.4, -0.2) is 35.3 Å². The molecule has 8 nitrogen and oxygen atoms in total. The van der Waals surface area contributed by atoms with Gasteiger partial charge in [-0.2, -0.15) is 18.3 Å². The van der Waals surface area contributed by atoms with Crippen LogP contribution in [0, 0.1) is 5.82 Å². The molecule has 0 bridgehead atoms. The summed E-state index contributed by atoms with van der Waals surface area (Å²) < 4.78 is 56.7. The second-order valence-corrected chi connectivity index (χ2v) is 8.06. The molecule has 0 fully saturated rings. The highest BCUT2D eigenvalue weighted by atomic mass is 32.1. The predicted molar refractivity (Wildman–Crippen MR) is 115 cm³/mol. The molecule has 1 aromatic carbocycles. The number of hydrogen-bond donors (Lipinski definition) is 1. The summed E-state index contributed by atoms with van der Waals surface area (Å²) >= 11 is 1.24. The number of rotatable bonds is 5. The Morgan fingerprint density at radius 3 is 2.65 bits per heavy atom. The smallest absolute Gasteiger partial charge is 0.288 e. The van der Waals surface area contributed by atoms with Crippen molar-refractivity contribution < 1.29 is 22.4 Å². The summed E-state index contributed by atoms with van der Waals surface area (Å²) in [5.41, 5.74) is -1.01. The van der Waals surface area contributed by atoms with E-state index in [0.29, 0.717) is 15.0 Å². The molecule has 0 aliphatic heterocycles. The zero-order valence-electron chi connectivity index (χ0n) is 17.0. The molecule has 0 atom stereocenters. The molecule has 0 spiro atoms. The number of thiophene rings is 1. The molecule has 0 radical (unpaired) electrons. The number of nitrogens with zero attached hydrogens (tertiary/aromatic N) is 6. The Hall–Kier alpha value is -4.13. The minimum atomic E-state index is -4.72. The summed E-state index contributed by atoms with van der Waals surface area (Å²) in [4.78, 5) is 21.3. The maximum Gasteiger partial charge on any atom is 0.433 e. The monoisotopic (exact) mass is 487 g/mol. The topological polar surface area (TPSA) is 90.0 Å². The van der Waals surface area contributed by atoms with E-state index in [4.69, 9.17) is 0 Å². The van der Waals surface area contributed by atoms with Crippen molar-refractivity contribution >= 4 is 28.8 Å². The van der Waals surface area contributed by atoms with E-state index in [-0.39, 0.29) is 29.5 Å². The number of alkyl halides is 3. The Morgan fingerprint density at radius 2 is 1.91 bits per heavy atom. The number of halogens is 4. The number of aromatic nitrogens is 6. The van der Waals surface area contributed by atoms with Crippen LogP contribution < -0.4 is 5.32 Å². The van der Waals surface area contributed by atoms with E-state index in [0.717, 1.165) is 12.1 Å². The molecule has 4 aromatic heterocycles. The Kier molecular flexibility index (Phi) is 5.32. The fraction of sp³-hybridized carbons (Fsp3) is 0.0952. The minimum absolute atomic E-state index is 0.0776. The zero-order valence-corrected chi connectivity index (χ0v) is 17.8. The van der Waals surface area contributed by atoms with Gasteiger partial charge in [-0.3, -0.25) is 10.1 Å². The van der Waals surface area contributed by atoms with Gasteiger partial charge in [0.25, 0.3) is 5.91 Å². The van der Waals surface area contributed by atoms with Crippen LogP contribution in [0.1, 0.15) is 21.7 Å². The van der Waals surface area contributed by atoms with Crippen molar-refractivity contribution in [2.24, 2.45) is 0 Å². The predicted octanol–water partition coefficient (Wildman–Crippen LogP) is 4.51. The van der Waals surface area contributed by atoms with Crippen molar-refractivity contribution in [1.29, 1.82) is 0 Å². The van der Waals surface area contributed by atoms with Gasteiger partial charge in [0.15, 0.2) is 17.0 Å². The Balaban J connectivity index is 1.42. The van der Waals surface area contributed by atoms with Gasteiger partial charge in [-0.1, -0.05) is 24.3 Å². The van der Waals surface area contributed by atoms with Crippen LogP contribution in [0.4, 0.5) is 23.5 Å². The van der Waals surface area contributed by atoms with Gasteiger partial charge in [-0.15, -0.1) is 16.4 Å². The molecule has 5 aromatic rings. The van der Waals surface area contributed by atoms with Gasteiger partial charge in [0.05, 0.1) is 17.1 Å². The molecule has 5 rings (SSSR count). The first-order valence-electron chi connectivity index (χ1n) is 9.74. The first-order valence-corrected chi connectivity index (χ1v) is 10.6. The van der Waals surface area contributed by atoms with Crippen LogP contribution in [0.2, 0.25) is 0 Å². The molecule has 0 aliphatic carbocycles. The first-order chi connectivity index (χ1) is 16.3. The number of amides is 1. The molecule has 1 N–H and O–H groups in total. The molecule has 13 heteroatoms. The number of hydrogen-bond acceptors (Lipinski definition) is 6. The van der Waals surface area contributed by atoms with Crippen LogP contribution >= 0.6 is 11.3 Å². The van der Waals surface area contributed by atoms with Crippen molar-refractivity contribution in [2.45, 2.75) is 12.7 Å². The highest BCUT2D eigenvalue weighted by Gasteiger charge is 2.35. The van der Waals surface area contributed by atoms with Crippen molar-refractivity contribution in [3.63, 3.8) is 0 Å². The van der Waals surface area contributed by atoms with E-state index in [9.17, 15) is 22.4 Å². The lowest BCUT2D eigenvalue weighted by atomic mass is 10.2. The van der Waals surface area contributed by atoms with E-state index in [2.05, 4.69) is 25.5 Å². The highest BCUT2D eigenvalue weighted by molar-refractivity contribution is 7.13. The third kappa shape index (κ3) is 4.24. The molecule has 0 aliphatic rings. The fourth-order valence-electron chi connectivity index (χ4n) is 3.23. The van der Waals surface area contributed by atoms with E-state index >= 15 is 0 Å². The number of fused-ring (bicyclic) bond motifs is 1. The lowest BCUT2D eigenvalue weighted by Gasteiger charge is -2.10. The zero-order chi connectivity index (χ0) is 23.9. The van der Waals surface area contributed by atoms with Gasteiger partial charge < -0.3 is 0 Å². The highest BCUT2D eigenvalue weighted by Crippen LogP contribution is 2.33. The minimum Gasteiger partial charge on any atom is -0.288 e. The van der Waals surface area contributed by atoms with Crippen LogP contribution in [0.15, 0.2) is 60.2 Å². The molecule has 0 unspecified atom stereocenters. The summed E-state index contributed by atoms with van der Waals surface area (Å²) in [7, 11) is 0. The van der Waals surface area contributed by atoms with Gasteiger partial charge in [0, 0.05) is 11.6 Å². The van der Waals surface area contributed by atoms with Crippen molar-refractivity contribution in [1.82, 2.24) is 29.4 Å². The summed E-state index contributed by atoms with van der Waals surface area (Å²) in [6.45, 7) is 0.0776. The largest absolute Gasteiger partial charge is 0.433 e. The molecule has 172 valence electrons. The second kappa shape index (κ2) is 8.33. The maximum absolute atomic E-state index is 13.8. The lowest BCUT2D eigenvalue weighted by molar-refractivity contribution is -0.142. The average molecular weight is 487 g/mol. The third-order valence-corrected chi connectivity index (χ3v) is 5.67. The average Bonchev–Trinajstić information content (AvgIpc) is 3.54. The van der Waals surface area contributed by atoms with Gasteiger partial charge in [0.1, 0.15) is 12.1 Å². The first kappa shape index (κ1) is 21.7. The number of carbonyl (C=O) groups excluding carboxylic acids is 1. The standard InChI is InChI=1S/C21H13F4N7OS/c22-13-5-2-1-4-12(13)10-31-11-26-20(30-31)28-19(33)15-9-18-27-14(16-6-3-7-34-16)8-17(21(23,24)25)32(18)29-15/h1-9,11H,10H2,(H,28,30,33). The van der Waals surface area contributed by atoms with E-state index in [1.807, 2.05) is 0 Å². The van der Waals surface area contributed by atoms with E-state index in [1.54, 1.807) is 35.7 Å². The molecule has 0 saturated heterocycles. The van der Waals surface area contributed by atoms with Crippen LogP contribution in [0.25, 0.3) is 16.2 Å². The Bertz CT molecular complexity index is 1490. The van der Waals surface area contributed by atoms with Gasteiger partial charge in [-0.05, 0) is 23.6 Å². The van der Waals surface area contributed by atoms with E-state index < -0.39 is 23.6 Å². The summed E-state index contributed by atoms with van der Waals surface area (Å²) in [5.74, 6) is -1.34. The van der Waals surface area contributed by atoms with Crippen molar-refractivity contribution in [2.75, 3.05) is 5.32 Å². The summed E-state index contributed by atoms with van der Waals surface area (Å²) in [5, 5.41) is 12.0. The van der Waals surface area contributed by atoms with Gasteiger partial charge in [0.2, 0.25) is 5.95 Å². The quantitative estimate of drug-likeness (QED) is 0.369. The normalized spacial score (nSPS) is 11.8. The molecule has 4 heterocycles. The second-order valence-electron chi connectivity index (χ2n) is 7.11. The third-order valence-electron chi connectivity index (χ3n) is 4.78. The Labute approximate surface area is 192 Å².